The van der Waals surface area contributed by atoms with E-state index in [1.807, 2.05) is 6.20 Å². The van der Waals surface area contributed by atoms with Gasteiger partial charge in [0.1, 0.15) is 5.75 Å². The van der Waals surface area contributed by atoms with Crippen molar-refractivity contribution in [2.24, 2.45) is 0 Å². The summed E-state index contributed by atoms with van der Waals surface area (Å²) in [5.41, 5.74) is 1.27. The van der Waals surface area contributed by atoms with E-state index in [0.29, 0.717) is 5.92 Å². The van der Waals surface area contributed by atoms with Crippen molar-refractivity contribution in [3.8, 4) is 5.75 Å². The van der Waals surface area contributed by atoms with Gasteiger partial charge in [0.25, 0.3) is 0 Å². The van der Waals surface area contributed by atoms with Crippen LogP contribution in [0.25, 0.3) is 0 Å². The fourth-order valence-electron chi connectivity index (χ4n) is 1.29. The van der Waals surface area contributed by atoms with Gasteiger partial charge in [-0.05, 0) is 11.6 Å². The summed E-state index contributed by atoms with van der Waals surface area (Å²) in [6, 6.07) is 2.05. The van der Waals surface area contributed by atoms with Crippen molar-refractivity contribution in [1.82, 2.24) is 10.3 Å². The second kappa shape index (κ2) is 4.44. The van der Waals surface area contributed by atoms with E-state index < -0.39 is 0 Å². The maximum Gasteiger partial charge on any atom is 0.137 e. The Kier molecular flexibility index (Phi) is 3.51. The van der Waals surface area contributed by atoms with Crippen LogP contribution in [-0.2, 0) is 0 Å². The van der Waals surface area contributed by atoms with E-state index in [9.17, 15) is 0 Å². The molecular formula is C9H13ClN2O. The van der Waals surface area contributed by atoms with E-state index in [0.717, 1.165) is 18.8 Å². The van der Waals surface area contributed by atoms with Gasteiger partial charge in [-0.2, -0.15) is 0 Å². The first-order chi connectivity index (χ1) is 5.90. The van der Waals surface area contributed by atoms with Gasteiger partial charge in [-0.25, -0.2) is 0 Å². The number of hydrogen-bond donors (Lipinski definition) is 1. The highest BCUT2D eigenvalue weighted by atomic mass is 35.5. The van der Waals surface area contributed by atoms with Gasteiger partial charge in [-0.1, -0.05) is 0 Å². The minimum atomic E-state index is 0. The van der Waals surface area contributed by atoms with Crippen LogP contribution in [0.2, 0.25) is 0 Å². The standard InChI is InChI=1S/C9H12N2O.ClH/c1-12-9-2-7(3-11-6-9)8-4-10-5-8;/h2-3,6,8,10H,4-5H2,1H3;1H. The number of halogens is 1. The van der Waals surface area contributed by atoms with Crippen molar-refractivity contribution >= 4 is 12.4 Å². The van der Waals surface area contributed by atoms with E-state index in [4.69, 9.17) is 4.74 Å². The number of methoxy groups -OCH3 is 1. The molecule has 3 nitrogen and oxygen atoms in total. The molecule has 1 saturated heterocycles. The number of nitrogens with one attached hydrogen (secondary N) is 1. The maximum absolute atomic E-state index is 5.09. The lowest BCUT2D eigenvalue weighted by Crippen LogP contribution is -2.39. The Labute approximate surface area is 83.9 Å². The van der Waals surface area contributed by atoms with Crippen LogP contribution in [0.15, 0.2) is 18.5 Å². The third kappa shape index (κ3) is 2.11. The summed E-state index contributed by atoms with van der Waals surface area (Å²) in [7, 11) is 1.67. The summed E-state index contributed by atoms with van der Waals surface area (Å²) in [6.07, 6.45) is 3.64. The molecule has 0 radical (unpaired) electrons. The van der Waals surface area contributed by atoms with E-state index in [2.05, 4.69) is 16.4 Å². The molecule has 1 aliphatic heterocycles. The fraction of sp³-hybridized carbons (Fsp3) is 0.444. The van der Waals surface area contributed by atoms with Crippen molar-refractivity contribution in [3.05, 3.63) is 24.0 Å². The quantitative estimate of drug-likeness (QED) is 0.779. The molecule has 0 bridgehead atoms. The Balaban J connectivity index is 0.000000845. The molecule has 0 aliphatic carbocycles. The largest absolute Gasteiger partial charge is 0.495 e. The fourth-order valence-corrected chi connectivity index (χ4v) is 1.29. The third-order valence-electron chi connectivity index (χ3n) is 2.22. The second-order valence-corrected chi connectivity index (χ2v) is 3.01. The second-order valence-electron chi connectivity index (χ2n) is 3.01. The SMILES string of the molecule is COc1cncc(C2CNC2)c1.Cl. The summed E-state index contributed by atoms with van der Waals surface area (Å²) in [5, 5.41) is 3.23. The summed E-state index contributed by atoms with van der Waals surface area (Å²) >= 11 is 0. The number of nitrogens with zero attached hydrogens (tertiary/aromatic N) is 1. The summed E-state index contributed by atoms with van der Waals surface area (Å²) < 4.78 is 5.09. The van der Waals surface area contributed by atoms with Crippen LogP contribution in [0, 0.1) is 0 Å². The topological polar surface area (TPSA) is 34.1 Å². The molecule has 13 heavy (non-hydrogen) atoms. The smallest absolute Gasteiger partial charge is 0.137 e. The molecule has 1 aromatic rings. The first-order valence-corrected chi connectivity index (χ1v) is 4.10. The summed E-state index contributed by atoms with van der Waals surface area (Å²) in [6.45, 7) is 2.13. The van der Waals surface area contributed by atoms with Gasteiger partial charge in [0, 0.05) is 25.2 Å². The highest BCUT2D eigenvalue weighted by molar-refractivity contribution is 5.85. The predicted molar refractivity (Wildman–Crippen MR) is 53.6 cm³/mol. The van der Waals surface area contributed by atoms with E-state index in [-0.39, 0.29) is 12.4 Å². The number of hydrogen-bond acceptors (Lipinski definition) is 3. The van der Waals surface area contributed by atoms with Crippen molar-refractivity contribution in [2.75, 3.05) is 20.2 Å². The lowest BCUT2D eigenvalue weighted by Gasteiger charge is -2.27. The molecule has 0 atom stereocenters. The Hall–Kier alpha value is -0.800. The van der Waals surface area contributed by atoms with Gasteiger partial charge in [0.05, 0.1) is 13.3 Å². The van der Waals surface area contributed by atoms with Gasteiger partial charge in [-0.15, -0.1) is 12.4 Å². The van der Waals surface area contributed by atoms with Gasteiger partial charge < -0.3 is 10.1 Å². The Morgan fingerprint density at radius 2 is 2.23 bits per heavy atom. The molecule has 1 N–H and O–H groups in total. The van der Waals surface area contributed by atoms with Crippen LogP contribution in [-0.4, -0.2) is 25.2 Å². The minimum absolute atomic E-state index is 0. The summed E-state index contributed by atoms with van der Waals surface area (Å²) in [4.78, 5) is 4.11. The van der Waals surface area contributed by atoms with Crippen molar-refractivity contribution in [2.45, 2.75) is 5.92 Å². The highest BCUT2D eigenvalue weighted by Gasteiger charge is 2.19. The average Bonchev–Trinajstić information content (AvgIpc) is 2.02. The number of pyridine rings is 1. The lowest BCUT2D eigenvalue weighted by molar-refractivity contribution is 0.407. The van der Waals surface area contributed by atoms with Crippen LogP contribution in [0.4, 0.5) is 0 Å². The lowest BCUT2D eigenvalue weighted by atomic mass is 9.95. The molecule has 1 fully saturated rings. The van der Waals surface area contributed by atoms with Crippen molar-refractivity contribution in [3.63, 3.8) is 0 Å². The summed E-state index contributed by atoms with van der Waals surface area (Å²) in [5.74, 6) is 1.48. The minimum Gasteiger partial charge on any atom is -0.495 e. The van der Waals surface area contributed by atoms with Gasteiger partial charge in [0.15, 0.2) is 0 Å². The molecular weight excluding hydrogens is 188 g/mol. The van der Waals surface area contributed by atoms with Crippen LogP contribution in [0.3, 0.4) is 0 Å². The zero-order valence-corrected chi connectivity index (χ0v) is 8.30. The molecule has 0 saturated carbocycles. The maximum atomic E-state index is 5.09. The number of ether oxygens (including phenoxy) is 1. The molecule has 1 aromatic heterocycles. The van der Waals surface area contributed by atoms with Crippen molar-refractivity contribution < 1.29 is 4.74 Å². The zero-order chi connectivity index (χ0) is 8.39. The Morgan fingerprint density at radius 1 is 1.46 bits per heavy atom. The van der Waals surface area contributed by atoms with Crippen LogP contribution >= 0.6 is 12.4 Å². The first kappa shape index (κ1) is 10.3. The predicted octanol–water partition coefficient (Wildman–Crippen LogP) is 1.20. The Morgan fingerprint density at radius 3 is 2.77 bits per heavy atom. The molecule has 0 spiro atoms. The van der Waals surface area contributed by atoms with Crippen LogP contribution in [0.5, 0.6) is 5.75 Å². The zero-order valence-electron chi connectivity index (χ0n) is 7.49. The monoisotopic (exact) mass is 200 g/mol. The third-order valence-corrected chi connectivity index (χ3v) is 2.22. The molecule has 2 rings (SSSR count). The van der Waals surface area contributed by atoms with Gasteiger partial charge in [-0.3, -0.25) is 4.98 Å². The van der Waals surface area contributed by atoms with Crippen LogP contribution < -0.4 is 10.1 Å². The van der Waals surface area contributed by atoms with E-state index in [1.54, 1.807) is 13.3 Å². The molecule has 0 aromatic carbocycles. The van der Waals surface area contributed by atoms with Crippen molar-refractivity contribution in [1.29, 1.82) is 0 Å². The average molecular weight is 201 g/mol. The first-order valence-electron chi connectivity index (χ1n) is 4.10. The van der Waals surface area contributed by atoms with Gasteiger partial charge >= 0.3 is 0 Å². The molecule has 4 heteroatoms. The Bertz CT molecular complexity index is 276. The number of aromatic nitrogens is 1. The molecule has 2 heterocycles. The number of rotatable bonds is 2. The highest BCUT2D eigenvalue weighted by Crippen LogP contribution is 2.21. The molecule has 72 valence electrons. The van der Waals surface area contributed by atoms with E-state index >= 15 is 0 Å². The van der Waals surface area contributed by atoms with Crippen LogP contribution in [0.1, 0.15) is 11.5 Å². The molecule has 0 amide bonds. The van der Waals surface area contributed by atoms with Gasteiger partial charge in [0.2, 0.25) is 0 Å². The molecule has 1 aliphatic rings. The van der Waals surface area contributed by atoms with E-state index in [1.165, 1.54) is 5.56 Å². The molecule has 0 unspecified atom stereocenters. The normalized spacial score (nSPS) is 15.8.